The van der Waals surface area contributed by atoms with Gasteiger partial charge in [-0.2, -0.15) is 0 Å². The van der Waals surface area contributed by atoms with Crippen LogP contribution in [0.1, 0.15) is 35.2 Å². The molecule has 7 heteroatoms. The van der Waals surface area contributed by atoms with Crippen LogP contribution in [-0.2, 0) is 22.6 Å². The molecular weight excluding hydrogens is 432 g/mol. The van der Waals surface area contributed by atoms with E-state index in [0.29, 0.717) is 23.3 Å². The zero-order valence-corrected chi connectivity index (χ0v) is 18.9. The summed E-state index contributed by atoms with van der Waals surface area (Å²) >= 11 is 0. The van der Waals surface area contributed by atoms with E-state index in [2.05, 4.69) is 4.98 Å². The molecule has 2 atom stereocenters. The third-order valence-corrected chi connectivity index (χ3v) is 6.24. The van der Waals surface area contributed by atoms with Gasteiger partial charge in [0.15, 0.2) is 12.4 Å². The highest BCUT2D eigenvalue weighted by Gasteiger charge is 2.44. The number of nitrogens with zero attached hydrogens (tertiary/aromatic N) is 1. The lowest BCUT2D eigenvalue weighted by Crippen LogP contribution is -2.29. The Morgan fingerprint density at radius 1 is 1.18 bits per heavy atom. The van der Waals surface area contributed by atoms with E-state index >= 15 is 0 Å². The molecule has 0 bridgehead atoms. The molecule has 2 aliphatic rings. The van der Waals surface area contributed by atoms with Gasteiger partial charge in [0.2, 0.25) is 5.78 Å². The summed E-state index contributed by atoms with van der Waals surface area (Å²) in [5.74, 6) is -0.508. The van der Waals surface area contributed by atoms with Crippen LogP contribution in [0.25, 0.3) is 5.76 Å². The van der Waals surface area contributed by atoms with Crippen LogP contribution >= 0.6 is 0 Å². The van der Waals surface area contributed by atoms with Crippen LogP contribution in [-0.4, -0.2) is 29.8 Å². The number of aromatic nitrogens is 1. The van der Waals surface area contributed by atoms with Crippen LogP contribution in [0, 0.1) is 0 Å². The molecule has 34 heavy (non-hydrogen) atoms. The van der Waals surface area contributed by atoms with E-state index in [9.17, 15) is 14.7 Å². The first-order valence-electron chi connectivity index (χ1n) is 11.1. The van der Waals surface area contributed by atoms with Gasteiger partial charge in [-0.05, 0) is 53.9 Å². The zero-order chi connectivity index (χ0) is 23.8. The molecule has 2 aromatic carbocycles. The standard InChI is InChI=1S/C27H24N2O5/c1-16-12-20-13-19(7-10-22(20)34-16)25(30)23-24(18-5-8-21(33-2)9-6-18)29(27(32)26(23)31)15-17-4-3-11-28-14-17/h3-11,13-14,16,24,30H,12,15H2,1-2H3/b25-23+. The second kappa shape index (κ2) is 8.67. The minimum Gasteiger partial charge on any atom is -0.872 e. The van der Waals surface area contributed by atoms with Crippen LogP contribution in [0.15, 0.2) is 72.6 Å². The normalized spacial score (nSPS) is 20.8. The molecular formula is C27H24N2O5. The van der Waals surface area contributed by atoms with E-state index in [1.54, 1.807) is 62.0 Å². The summed E-state index contributed by atoms with van der Waals surface area (Å²) in [4.78, 5) is 30.8. The molecule has 1 fully saturated rings. The van der Waals surface area contributed by atoms with Crippen molar-refractivity contribution in [3.05, 3.63) is 94.8 Å². The maximum absolute atomic E-state index is 13.7. The van der Waals surface area contributed by atoms with Gasteiger partial charge >= 0.3 is 0 Å². The lowest BCUT2D eigenvalue weighted by Gasteiger charge is -2.27. The highest BCUT2D eigenvalue weighted by molar-refractivity contribution is 6.46. The summed E-state index contributed by atoms with van der Waals surface area (Å²) in [6, 6.07) is 15.1. The summed E-state index contributed by atoms with van der Waals surface area (Å²) in [5.41, 5.74) is 2.75. The molecule has 1 saturated heterocycles. The molecule has 5 rings (SSSR count). The summed E-state index contributed by atoms with van der Waals surface area (Å²) in [5, 5.41) is 13.7. The molecule has 1 amide bonds. The van der Waals surface area contributed by atoms with Crippen LogP contribution in [0.5, 0.6) is 11.5 Å². The Morgan fingerprint density at radius 2 is 1.97 bits per heavy atom. The number of pyridine rings is 1. The van der Waals surface area contributed by atoms with Gasteiger partial charge in [0, 0.05) is 23.6 Å². The Labute approximate surface area is 197 Å². The Balaban J connectivity index is 1.62. The number of likely N-dealkylation sites (tertiary alicyclic amines) is 1. The summed E-state index contributed by atoms with van der Waals surface area (Å²) in [6.07, 6.45) is 4.26. The molecule has 1 N–H and O–H groups in total. The summed E-state index contributed by atoms with van der Waals surface area (Å²) in [6.45, 7) is 2.15. The van der Waals surface area contributed by atoms with Crippen molar-refractivity contribution in [3.63, 3.8) is 0 Å². The molecule has 0 aliphatic carbocycles. The maximum Gasteiger partial charge on any atom is 0.295 e. The van der Waals surface area contributed by atoms with Crippen LogP contribution in [0.4, 0.5) is 0 Å². The van der Waals surface area contributed by atoms with Crippen molar-refractivity contribution in [1.82, 2.24) is 4.90 Å². The first-order valence-corrected chi connectivity index (χ1v) is 11.1. The Morgan fingerprint density at radius 3 is 2.68 bits per heavy atom. The van der Waals surface area contributed by atoms with Gasteiger partial charge in [-0.25, -0.2) is 4.98 Å². The number of benzene rings is 2. The first-order chi connectivity index (χ1) is 16.5. The smallest absolute Gasteiger partial charge is 0.295 e. The number of carbonyl (C=O) groups excluding carboxylic acids is 2. The lowest BCUT2D eigenvalue weighted by molar-refractivity contribution is -0.378. The third kappa shape index (κ3) is 3.79. The van der Waals surface area contributed by atoms with Crippen molar-refractivity contribution in [1.29, 1.82) is 0 Å². The van der Waals surface area contributed by atoms with Gasteiger partial charge in [-0.15, -0.1) is 0 Å². The number of carbonyl (C=O) groups is 2. The predicted molar refractivity (Wildman–Crippen MR) is 121 cm³/mol. The van der Waals surface area contributed by atoms with Crippen LogP contribution in [0.3, 0.4) is 0 Å². The predicted octanol–water partition coefficient (Wildman–Crippen LogP) is 2.26. The number of rotatable bonds is 5. The number of ketones is 1. The van der Waals surface area contributed by atoms with Crippen molar-refractivity contribution < 1.29 is 29.2 Å². The van der Waals surface area contributed by atoms with E-state index in [1.807, 2.05) is 19.1 Å². The van der Waals surface area contributed by atoms with Gasteiger partial charge in [-0.3, -0.25) is 9.59 Å². The zero-order valence-electron chi connectivity index (χ0n) is 18.9. The van der Waals surface area contributed by atoms with Crippen LogP contribution < -0.4 is 19.6 Å². The van der Waals surface area contributed by atoms with Gasteiger partial charge in [0.1, 0.15) is 17.6 Å². The number of aromatic amines is 1. The average molecular weight is 456 g/mol. The number of methoxy groups -OCH3 is 1. The number of fused-ring (bicyclic) bond motifs is 1. The molecule has 7 nitrogen and oxygen atoms in total. The molecule has 0 radical (unpaired) electrons. The van der Waals surface area contributed by atoms with E-state index in [-0.39, 0.29) is 18.2 Å². The number of nitrogens with one attached hydrogen (secondary N) is 1. The fourth-order valence-corrected chi connectivity index (χ4v) is 4.61. The number of Topliss-reactive ketones (excluding diaryl/α,β-unsaturated/α-hetero) is 1. The lowest BCUT2D eigenvalue weighted by atomic mass is 9.94. The molecule has 2 unspecified atom stereocenters. The second-order valence-electron chi connectivity index (χ2n) is 8.55. The highest BCUT2D eigenvalue weighted by atomic mass is 16.5. The largest absolute Gasteiger partial charge is 0.872 e. The van der Waals surface area contributed by atoms with Crippen molar-refractivity contribution in [2.24, 2.45) is 0 Å². The van der Waals surface area contributed by atoms with E-state index in [0.717, 1.165) is 16.9 Å². The number of hydrogen-bond donors (Lipinski definition) is 0. The number of ether oxygens (including phenoxy) is 2. The van der Waals surface area contributed by atoms with E-state index < -0.39 is 23.5 Å². The Kier molecular flexibility index (Phi) is 5.53. The molecule has 3 aromatic rings. The fraction of sp³-hybridized carbons (Fsp3) is 0.222. The molecule has 172 valence electrons. The SMILES string of the molecule is COc1ccc(C2/C(=C(\[O-])c3ccc4c(c3)CC(C)O4)C(=O)C(=O)N2Cc2ccc[nH+]c2)cc1. The number of hydrogen-bond acceptors (Lipinski definition) is 5. The molecule has 1 aromatic heterocycles. The number of amides is 1. The first kappa shape index (κ1) is 21.7. The maximum atomic E-state index is 13.7. The van der Waals surface area contributed by atoms with Gasteiger partial charge in [0.25, 0.3) is 5.91 Å². The highest BCUT2D eigenvalue weighted by Crippen LogP contribution is 2.41. The van der Waals surface area contributed by atoms with E-state index in [1.165, 1.54) is 4.90 Å². The van der Waals surface area contributed by atoms with Crippen molar-refractivity contribution in [2.75, 3.05) is 7.11 Å². The number of H-pyrrole nitrogens is 1. The minimum atomic E-state index is -0.804. The Hall–Kier alpha value is -4.13. The monoisotopic (exact) mass is 456 g/mol. The average Bonchev–Trinajstić information content (AvgIpc) is 3.35. The fourth-order valence-electron chi connectivity index (χ4n) is 4.61. The Bertz CT molecular complexity index is 1280. The molecule has 0 spiro atoms. The van der Waals surface area contributed by atoms with E-state index in [4.69, 9.17) is 9.47 Å². The molecule has 3 heterocycles. The van der Waals surface area contributed by atoms with Crippen molar-refractivity contribution in [2.45, 2.75) is 32.0 Å². The summed E-state index contributed by atoms with van der Waals surface area (Å²) < 4.78 is 11.0. The topological polar surface area (TPSA) is 93.0 Å². The second-order valence-corrected chi connectivity index (χ2v) is 8.55. The third-order valence-electron chi connectivity index (χ3n) is 6.24. The quantitative estimate of drug-likeness (QED) is 0.334. The summed E-state index contributed by atoms with van der Waals surface area (Å²) in [7, 11) is 1.56. The van der Waals surface area contributed by atoms with Gasteiger partial charge < -0.3 is 19.5 Å². The van der Waals surface area contributed by atoms with Crippen LogP contribution in [0.2, 0.25) is 0 Å². The molecule has 0 saturated carbocycles. The molecule has 2 aliphatic heterocycles. The van der Waals surface area contributed by atoms with Gasteiger partial charge in [0.05, 0.1) is 19.7 Å². The van der Waals surface area contributed by atoms with Gasteiger partial charge in [-0.1, -0.05) is 24.0 Å². The van der Waals surface area contributed by atoms with Crippen molar-refractivity contribution in [3.8, 4) is 11.5 Å². The minimum absolute atomic E-state index is 0.0351. The van der Waals surface area contributed by atoms with Crippen molar-refractivity contribution >= 4 is 17.4 Å².